The monoisotopic (exact) mass is 406 g/mol. The van der Waals surface area contributed by atoms with Gasteiger partial charge in [-0.3, -0.25) is 4.79 Å². The highest BCUT2D eigenvalue weighted by atomic mass is 32.2. The Morgan fingerprint density at radius 1 is 1.36 bits per heavy atom. The highest BCUT2D eigenvalue weighted by Gasteiger charge is 2.24. The summed E-state index contributed by atoms with van der Waals surface area (Å²) in [6.45, 7) is 6.00. The number of primary amides is 1. The zero-order valence-electron chi connectivity index (χ0n) is 17.1. The van der Waals surface area contributed by atoms with Crippen LogP contribution >= 0.6 is 11.8 Å². The number of piperidine rings is 1. The predicted molar refractivity (Wildman–Crippen MR) is 119 cm³/mol. The number of unbranched alkanes of at least 4 members (excludes halogenated alkanes) is 1. The van der Waals surface area contributed by atoms with Gasteiger partial charge in [0.25, 0.3) is 0 Å². The van der Waals surface area contributed by atoms with E-state index in [9.17, 15) is 4.79 Å². The normalized spacial score (nSPS) is 15.5. The number of nitrogens with two attached hydrogens (primary N) is 1. The van der Waals surface area contributed by atoms with Gasteiger partial charge in [-0.1, -0.05) is 6.07 Å². The van der Waals surface area contributed by atoms with E-state index in [1.165, 1.54) is 12.2 Å². The smallest absolute Gasteiger partial charge is 0.220 e. The van der Waals surface area contributed by atoms with Crippen molar-refractivity contribution in [2.75, 3.05) is 43.1 Å². The molecular weight excluding hydrogens is 372 g/mol. The summed E-state index contributed by atoms with van der Waals surface area (Å²) < 4.78 is 0. The fourth-order valence-electron chi connectivity index (χ4n) is 3.30. The molecule has 0 radical (unpaired) electrons. The molecule has 4 N–H and O–H groups in total. The molecule has 1 aromatic heterocycles. The topological polar surface area (TPSA) is 95.6 Å². The molecule has 2 heterocycles. The molecular formula is C20H34N6OS. The number of pyridine rings is 1. The molecule has 0 unspecified atom stereocenters. The summed E-state index contributed by atoms with van der Waals surface area (Å²) in [5, 5.41) is 6.72. The Balaban J connectivity index is 1.96. The van der Waals surface area contributed by atoms with Gasteiger partial charge in [0.2, 0.25) is 5.91 Å². The SMILES string of the molecule is CCNC(=NCc1cccnc1N1CCC(C(N)=O)CC1)NCCCCSC. The van der Waals surface area contributed by atoms with Gasteiger partial charge >= 0.3 is 0 Å². The number of amides is 1. The standard InChI is InChI=1S/C20H34N6OS/c1-3-22-20(24-10-4-5-14-28-2)25-15-17-7-6-11-23-19(17)26-12-8-16(9-13-26)18(21)27/h6-7,11,16H,3-5,8-10,12-15H2,1-2H3,(H2,21,27)(H2,22,24,25). The van der Waals surface area contributed by atoms with Gasteiger partial charge in [0.1, 0.15) is 5.82 Å². The minimum Gasteiger partial charge on any atom is -0.369 e. The number of carbonyl (C=O) groups excluding carboxylic acids is 1. The molecule has 156 valence electrons. The number of hydrogen-bond donors (Lipinski definition) is 3. The second-order valence-corrected chi connectivity index (χ2v) is 7.96. The number of thioether (sulfide) groups is 1. The number of hydrogen-bond acceptors (Lipinski definition) is 5. The summed E-state index contributed by atoms with van der Waals surface area (Å²) in [6, 6.07) is 4.03. The van der Waals surface area contributed by atoms with Crippen LogP contribution in [0.25, 0.3) is 0 Å². The van der Waals surface area contributed by atoms with Gasteiger partial charge in [-0.25, -0.2) is 9.98 Å². The quantitative estimate of drug-likeness (QED) is 0.312. The number of aromatic nitrogens is 1. The summed E-state index contributed by atoms with van der Waals surface area (Å²) in [7, 11) is 0. The molecule has 28 heavy (non-hydrogen) atoms. The van der Waals surface area contributed by atoms with Crippen molar-refractivity contribution >= 4 is 29.4 Å². The molecule has 0 aromatic carbocycles. The first kappa shape index (κ1) is 22.3. The molecule has 0 bridgehead atoms. The van der Waals surface area contributed by atoms with Crippen LogP contribution in [0.4, 0.5) is 5.82 Å². The summed E-state index contributed by atoms with van der Waals surface area (Å²) in [4.78, 5) is 23.0. The maximum Gasteiger partial charge on any atom is 0.220 e. The summed E-state index contributed by atoms with van der Waals surface area (Å²) in [5.74, 6) is 2.79. The third-order valence-corrected chi connectivity index (χ3v) is 5.58. The van der Waals surface area contributed by atoms with E-state index in [2.05, 4.69) is 39.8 Å². The Labute approximate surface area is 172 Å². The second-order valence-electron chi connectivity index (χ2n) is 6.97. The summed E-state index contributed by atoms with van der Waals surface area (Å²) in [6.07, 6.45) is 7.88. The Morgan fingerprint density at radius 2 is 2.14 bits per heavy atom. The lowest BCUT2D eigenvalue weighted by Crippen LogP contribution is -2.39. The van der Waals surface area contributed by atoms with Crippen molar-refractivity contribution in [2.24, 2.45) is 16.6 Å². The zero-order chi connectivity index (χ0) is 20.2. The number of anilines is 1. The number of guanidine groups is 1. The largest absolute Gasteiger partial charge is 0.369 e. The van der Waals surface area contributed by atoms with Gasteiger partial charge in [0, 0.05) is 43.9 Å². The van der Waals surface area contributed by atoms with E-state index in [-0.39, 0.29) is 11.8 Å². The minimum atomic E-state index is -0.190. The van der Waals surface area contributed by atoms with Crippen LogP contribution in [0.1, 0.15) is 38.2 Å². The van der Waals surface area contributed by atoms with E-state index >= 15 is 0 Å². The summed E-state index contributed by atoms with van der Waals surface area (Å²) in [5.41, 5.74) is 6.55. The minimum absolute atomic E-state index is 0.0166. The van der Waals surface area contributed by atoms with Gasteiger partial charge in [-0.15, -0.1) is 0 Å². The van der Waals surface area contributed by atoms with Gasteiger partial charge < -0.3 is 21.3 Å². The average molecular weight is 407 g/mol. The molecule has 0 saturated carbocycles. The number of rotatable bonds is 10. The zero-order valence-corrected chi connectivity index (χ0v) is 17.9. The lowest BCUT2D eigenvalue weighted by molar-refractivity contribution is -0.122. The second kappa shape index (κ2) is 12.5. The Bertz CT molecular complexity index is 631. The number of aliphatic imine (C=N–C) groups is 1. The first-order valence-electron chi connectivity index (χ1n) is 10.1. The predicted octanol–water partition coefficient (Wildman–Crippen LogP) is 1.98. The van der Waals surface area contributed by atoms with Gasteiger partial charge in [-0.05, 0) is 50.7 Å². The van der Waals surface area contributed by atoms with E-state index in [1.54, 1.807) is 0 Å². The molecule has 0 aliphatic carbocycles. The van der Waals surface area contributed by atoms with Gasteiger partial charge in [0.15, 0.2) is 5.96 Å². The van der Waals surface area contributed by atoms with E-state index in [1.807, 2.05) is 24.0 Å². The summed E-state index contributed by atoms with van der Waals surface area (Å²) >= 11 is 1.88. The van der Waals surface area contributed by atoms with Crippen molar-refractivity contribution in [3.8, 4) is 0 Å². The van der Waals surface area contributed by atoms with Crippen LogP contribution in [0, 0.1) is 5.92 Å². The van der Waals surface area contributed by atoms with Crippen molar-refractivity contribution in [1.29, 1.82) is 0 Å². The maximum atomic E-state index is 11.4. The van der Waals surface area contributed by atoms with E-state index in [0.29, 0.717) is 6.54 Å². The molecule has 1 saturated heterocycles. The molecule has 1 aliphatic rings. The number of nitrogens with zero attached hydrogens (tertiary/aromatic N) is 3. The fourth-order valence-corrected chi connectivity index (χ4v) is 3.79. The number of carbonyl (C=O) groups is 1. The van der Waals surface area contributed by atoms with E-state index < -0.39 is 0 Å². The van der Waals surface area contributed by atoms with Crippen molar-refractivity contribution in [2.45, 2.75) is 39.2 Å². The molecule has 0 atom stereocenters. The van der Waals surface area contributed by atoms with Crippen LogP contribution in [-0.2, 0) is 11.3 Å². The highest BCUT2D eigenvalue weighted by Crippen LogP contribution is 2.24. The Morgan fingerprint density at radius 3 is 2.82 bits per heavy atom. The molecule has 0 spiro atoms. The number of nitrogens with one attached hydrogen (secondary N) is 2. The molecule has 7 nitrogen and oxygen atoms in total. The van der Waals surface area contributed by atoms with Crippen LogP contribution in [0.2, 0.25) is 0 Å². The van der Waals surface area contributed by atoms with Crippen molar-refractivity contribution < 1.29 is 4.79 Å². The van der Waals surface area contributed by atoms with Crippen LogP contribution in [-0.4, -0.2) is 55.0 Å². The first-order chi connectivity index (χ1) is 13.7. The fraction of sp³-hybridized carbons (Fsp3) is 0.650. The third-order valence-electron chi connectivity index (χ3n) is 4.88. The maximum absolute atomic E-state index is 11.4. The molecule has 1 aromatic rings. The van der Waals surface area contributed by atoms with E-state index in [0.717, 1.165) is 62.8 Å². The molecule has 8 heteroatoms. The van der Waals surface area contributed by atoms with Crippen molar-refractivity contribution in [1.82, 2.24) is 15.6 Å². The van der Waals surface area contributed by atoms with Crippen LogP contribution in [0.3, 0.4) is 0 Å². The Kier molecular flexibility index (Phi) is 9.96. The highest BCUT2D eigenvalue weighted by molar-refractivity contribution is 7.98. The van der Waals surface area contributed by atoms with Crippen LogP contribution in [0.5, 0.6) is 0 Å². The van der Waals surface area contributed by atoms with Crippen molar-refractivity contribution in [3.63, 3.8) is 0 Å². The Hall–Kier alpha value is -1.96. The molecule has 1 fully saturated rings. The first-order valence-corrected chi connectivity index (χ1v) is 11.5. The van der Waals surface area contributed by atoms with Crippen LogP contribution in [0.15, 0.2) is 23.3 Å². The molecule has 1 amide bonds. The lowest BCUT2D eigenvalue weighted by Gasteiger charge is -2.32. The van der Waals surface area contributed by atoms with Crippen molar-refractivity contribution in [3.05, 3.63) is 23.9 Å². The van der Waals surface area contributed by atoms with Gasteiger partial charge in [0.05, 0.1) is 6.54 Å². The lowest BCUT2D eigenvalue weighted by atomic mass is 9.96. The van der Waals surface area contributed by atoms with Crippen LogP contribution < -0.4 is 21.3 Å². The molecule has 2 rings (SSSR count). The van der Waals surface area contributed by atoms with E-state index in [4.69, 9.17) is 10.7 Å². The van der Waals surface area contributed by atoms with Gasteiger partial charge in [-0.2, -0.15) is 11.8 Å². The third kappa shape index (κ3) is 7.22. The average Bonchev–Trinajstić information content (AvgIpc) is 2.72. The molecule has 1 aliphatic heterocycles.